The zero-order valence-electron chi connectivity index (χ0n) is 19.9. The minimum atomic E-state index is -0.0325. The summed E-state index contributed by atoms with van der Waals surface area (Å²) in [6, 6.07) is 2.51. The number of piperazine rings is 1. The largest absolute Gasteiger partial charge is 0.368 e. The quantitative estimate of drug-likeness (QED) is 0.786. The van der Waals surface area contributed by atoms with E-state index in [0.717, 1.165) is 72.0 Å². The molecule has 1 saturated heterocycles. The molecule has 2 unspecified atom stereocenters. The third kappa shape index (κ3) is 4.13. The van der Waals surface area contributed by atoms with Crippen LogP contribution in [0.2, 0.25) is 0 Å². The molecule has 0 aliphatic carbocycles. The van der Waals surface area contributed by atoms with Crippen molar-refractivity contribution in [2.24, 2.45) is 5.92 Å². The van der Waals surface area contributed by atoms with Crippen molar-refractivity contribution in [3.05, 3.63) is 71.2 Å². The van der Waals surface area contributed by atoms with E-state index in [0.29, 0.717) is 6.04 Å². The summed E-state index contributed by atoms with van der Waals surface area (Å²) in [6.07, 6.45) is 13.8. The van der Waals surface area contributed by atoms with E-state index in [1.807, 2.05) is 23.8 Å². The maximum Gasteiger partial charge on any atom is 0.255 e. The van der Waals surface area contributed by atoms with Crippen molar-refractivity contribution in [2.75, 3.05) is 19.6 Å². The van der Waals surface area contributed by atoms with Crippen LogP contribution in [0.4, 0.5) is 0 Å². The second-order valence-corrected chi connectivity index (χ2v) is 9.30. The molecule has 0 bridgehead atoms. The van der Waals surface area contributed by atoms with E-state index in [9.17, 15) is 4.79 Å². The smallest absolute Gasteiger partial charge is 0.255 e. The Balaban J connectivity index is 1.50. The Morgan fingerprint density at radius 1 is 1.21 bits per heavy atom. The summed E-state index contributed by atoms with van der Waals surface area (Å²) in [6.45, 7) is 11.3. The topological polar surface area (TPSA) is 65.8 Å². The monoisotopic (exact) mass is 444 g/mol. The number of nitrogens with one attached hydrogen (secondary N) is 1. The summed E-state index contributed by atoms with van der Waals surface area (Å²) < 4.78 is 1.90. The first-order valence-corrected chi connectivity index (χ1v) is 11.9. The first-order chi connectivity index (χ1) is 15.9. The highest BCUT2D eigenvalue weighted by atomic mass is 16.2. The molecule has 1 amide bonds. The lowest BCUT2D eigenvalue weighted by Crippen LogP contribution is -2.48. The van der Waals surface area contributed by atoms with Gasteiger partial charge in [0.25, 0.3) is 5.91 Å². The maximum absolute atomic E-state index is 13.5. The van der Waals surface area contributed by atoms with Crippen LogP contribution >= 0.6 is 0 Å². The van der Waals surface area contributed by atoms with Crippen molar-refractivity contribution in [2.45, 2.75) is 46.6 Å². The number of carbonyl (C=O) groups is 1. The van der Waals surface area contributed by atoms with Crippen LogP contribution in [0, 0.1) is 12.8 Å². The highest BCUT2D eigenvalue weighted by molar-refractivity contribution is 5.98. The van der Waals surface area contributed by atoms with Crippen molar-refractivity contribution >= 4 is 17.0 Å². The van der Waals surface area contributed by atoms with Gasteiger partial charge in [-0.15, -0.1) is 0 Å². The molecule has 7 nitrogen and oxygen atoms in total. The van der Waals surface area contributed by atoms with Crippen LogP contribution in [-0.2, 0) is 11.2 Å². The van der Waals surface area contributed by atoms with E-state index in [2.05, 4.69) is 60.3 Å². The van der Waals surface area contributed by atoms with Crippen molar-refractivity contribution in [3.8, 4) is 0 Å². The molecule has 2 aromatic rings. The van der Waals surface area contributed by atoms with Gasteiger partial charge >= 0.3 is 0 Å². The molecule has 2 atom stereocenters. The van der Waals surface area contributed by atoms with Crippen LogP contribution in [0.15, 0.2) is 54.2 Å². The van der Waals surface area contributed by atoms with E-state index < -0.39 is 0 Å². The number of nitrogens with zero attached hydrogens (tertiary/aromatic N) is 5. The summed E-state index contributed by atoms with van der Waals surface area (Å²) in [4.78, 5) is 22.3. The minimum absolute atomic E-state index is 0.0325. The van der Waals surface area contributed by atoms with Crippen molar-refractivity contribution < 1.29 is 4.79 Å². The summed E-state index contributed by atoms with van der Waals surface area (Å²) >= 11 is 0. The molecule has 1 N–H and O–H groups in total. The molecule has 5 heterocycles. The molecule has 33 heavy (non-hydrogen) atoms. The molecule has 0 saturated carbocycles. The summed E-state index contributed by atoms with van der Waals surface area (Å²) in [5, 5.41) is 8.31. The summed E-state index contributed by atoms with van der Waals surface area (Å²) in [7, 11) is 0. The van der Waals surface area contributed by atoms with Gasteiger partial charge in [-0.1, -0.05) is 19.9 Å². The van der Waals surface area contributed by atoms with Gasteiger partial charge < -0.3 is 10.2 Å². The number of hydrogen-bond acceptors (Lipinski definition) is 5. The molecule has 3 aliphatic rings. The lowest BCUT2D eigenvalue weighted by atomic mass is 9.92. The Kier molecular flexibility index (Phi) is 5.66. The zero-order chi connectivity index (χ0) is 23.1. The van der Waals surface area contributed by atoms with Crippen LogP contribution in [0.25, 0.3) is 11.1 Å². The number of hydrogen-bond donors (Lipinski definition) is 1. The standard InChI is InChI=1S/C26H32N6O/c1-5-23-25-13-24(29-32(25)15-19(4)28-23)22-12-26(33)31-16-21(30-11-10-27-18(3)14-30)9-8-20(31)7-6-17(22)2/h7-9,12-13,15-18,27H,5-6,10-11,14H2,1-4H3. The molecular formula is C26H32N6O. The lowest BCUT2D eigenvalue weighted by Gasteiger charge is -2.36. The van der Waals surface area contributed by atoms with Gasteiger partial charge in [-0.05, 0) is 56.4 Å². The minimum Gasteiger partial charge on any atom is -0.368 e. The molecule has 5 rings (SSSR count). The van der Waals surface area contributed by atoms with Gasteiger partial charge in [-0.2, -0.15) is 5.10 Å². The lowest BCUT2D eigenvalue weighted by molar-refractivity contribution is -0.122. The molecule has 0 aromatic carbocycles. The highest BCUT2D eigenvalue weighted by Crippen LogP contribution is 2.32. The third-order valence-electron chi connectivity index (χ3n) is 6.71. The first-order valence-electron chi connectivity index (χ1n) is 11.9. The van der Waals surface area contributed by atoms with E-state index >= 15 is 0 Å². The predicted molar refractivity (Wildman–Crippen MR) is 130 cm³/mol. The second kappa shape index (κ2) is 8.63. The average Bonchev–Trinajstić information content (AvgIpc) is 3.22. The van der Waals surface area contributed by atoms with Crippen LogP contribution in [0.3, 0.4) is 0 Å². The highest BCUT2D eigenvalue weighted by Gasteiger charge is 2.26. The molecule has 7 heteroatoms. The number of rotatable bonds is 3. The number of aryl methyl sites for hydroxylation is 2. The fourth-order valence-electron chi connectivity index (χ4n) is 4.89. The van der Waals surface area contributed by atoms with Crippen LogP contribution in [0.1, 0.15) is 44.3 Å². The Bertz CT molecular complexity index is 1220. The normalized spacial score (nSPS) is 23.6. The van der Waals surface area contributed by atoms with Crippen LogP contribution in [0.5, 0.6) is 0 Å². The Labute approximate surface area is 195 Å². The van der Waals surface area contributed by atoms with Gasteiger partial charge in [0.2, 0.25) is 0 Å². The molecule has 172 valence electrons. The zero-order valence-corrected chi connectivity index (χ0v) is 19.9. The summed E-state index contributed by atoms with van der Waals surface area (Å²) in [5.74, 6) is 0.148. The summed E-state index contributed by atoms with van der Waals surface area (Å²) in [5.41, 5.74) is 6.82. The second-order valence-electron chi connectivity index (χ2n) is 9.30. The number of allylic oxidation sites excluding steroid dienone is 4. The van der Waals surface area contributed by atoms with Gasteiger partial charge in [-0.3, -0.25) is 14.7 Å². The van der Waals surface area contributed by atoms with Crippen molar-refractivity contribution in [1.29, 1.82) is 0 Å². The van der Waals surface area contributed by atoms with E-state index in [1.165, 1.54) is 0 Å². The van der Waals surface area contributed by atoms with Gasteiger partial charge in [0.1, 0.15) is 0 Å². The van der Waals surface area contributed by atoms with E-state index in [-0.39, 0.29) is 11.8 Å². The third-order valence-corrected chi connectivity index (χ3v) is 6.71. The molecule has 1 fully saturated rings. The SMILES string of the molecule is CCc1nc(C)cn2nc(C3=CC(=O)N4C=C(N5CCNC(C)C5)C=CC4=CCC3C)cc12. The van der Waals surface area contributed by atoms with E-state index in [1.54, 1.807) is 11.0 Å². The number of fused-ring (bicyclic) bond motifs is 2. The Hall–Kier alpha value is -3.19. The predicted octanol–water partition coefficient (Wildman–Crippen LogP) is 3.44. The molecule has 0 radical (unpaired) electrons. The van der Waals surface area contributed by atoms with E-state index in [4.69, 9.17) is 5.10 Å². The van der Waals surface area contributed by atoms with Crippen molar-refractivity contribution in [3.63, 3.8) is 0 Å². The van der Waals surface area contributed by atoms with Crippen LogP contribution < -0.4 is 5.32 Å². The van der Waals surface area contributed by atoms with Gasteiger partial charge in [0.05, 0.1) is 34.5 Å². The van der Waals surface area contributed by atoms with Crippen LogP contribution in [-0.4, -0.2) is 56.0 Å². The van der Waals surface area contributed by atoms with Gasteiger partial charge in [0, 0.05) is 43.6 Å². The molecule has 0 spiro atoms. The number of carbonyl (C=O) groups excluding carboxylic acids is 1. The van der Waals surface area contributed by atoms with Gasteiger partial charge in [-0.25, -0.2) is 4.52 Å². The first kappa shape index (κ1) is 21.6. The number of aromatic nitrogens is 3. The molecule has 2 aromatic heterocycles. The fraction of sp³-hybridized carbons (Fsp3) is 0.423. The van der Waals surface area contributed by atoms with Crippen molar-refractivity contribution in [1.82, 2.24) is 29.7 Å². The maximum atomic E-state index is 13.5. The molecule has 3 aliphatic heterocycles. The van der Waals surface area contributed by atoms with Gasteiger partial charge in [0.15, 0.2) is 0 Å². The molecular weight excluding hydrogens is 412 g/mol. The average molecular weight is 445 g/mol. The Morgan fingerprint density at radius 3 is 2.82 bits per heavy atom. The number of amides is 1. The Morgan fingerprint density at radius 2 is 2.03 bits per heavy atom. The fourth-order valence-corrected chi connectivity index (χ4v) is 4.89.